The maximum atomic E-state index is 12.6. The molecule has 6 nitrogen and oxygen atoms in total. The van der Waals surface area contributed by atoms with Crippen molar-refractivity contribution < 1.29 is 18.4 Å². The molecule has 0 aromatic carbocycles. The molecule has 0 saturated heterocycles. The van der Waals surface area contributed by atoms with E-state index in [4.69, 9.17) is 14.3 Å². The summed E-state index contributed by atoms with van der Waals surface area (Å²) in [6, 6.07) is 0. The fourth-order valence-electron chi connectivity index (χ4n) is 1.52. The summed E-state index contributed by atoms with van der Waals surface area (Å²) < 4.78 is 22.9. The molecule has 0 fully saturated rings. The van der Waals surface area contributed by atoms with Gasteiger partial charge in [-0.15, -0.1) is 0 Å². The van der Waals surface area contributed by atoms with Crippen molar-refractivity contribution in [3.8, 4) is 5.40 Å². The Kier molecular flexibility index (Phi) is 9.11. The average molecular weight is 308 g/mol. The summed E-state index contributed by atoms with van der Waals surface area (Å²) in [7, 11) is -3.63. The van der Waals surface area contributed by atoms with Gasteiger partial charge in [0.25, 0.3) is 0 Å². The lowest BCUT2D eigenvalue weighted by Crippen LogP contribution is -2.38. The van der Waals surface area contributed by atoms with E-state index in [1.807, 2.05) is 19.2 Å². The van der Waals surface area contributed by atoms with E-state index >= 15 is 0 Å². The van der Waals surface area contributed by atoms with E-state index in [0.29, 0.717) is 24.9 Å². The molecule has 0 rings (SSSR count). The summed E-state index contributed by atoms with van der Waals surface area (Å²) in [5, 5.41) is 10.6. The first-order valence-electron chi connectivity index (χ1n) is 6.22. The van der Waals surface area contributed by atoms with Crippen LogP contribution < -0.4 is 0 Å². The molecule has 19 heavy (non-hydrogen) atoms. The van der Waals surface area contributed by atoms with Crippen LogP contribution >= 0.6 is 19.4 Å². The van der Waals surface area contributed by atoms with Crippen LogP contribution in [-0.4, -0.2) is 42.1 Å². The summed E-state index contributed by atoms with van der Waals surface area (Å²) in [5.41, 5.74) is 0. The Hall–Kier alpha value is -0.540. The van der Waals surface area contributed by atoms with Gasteiger partial charge in [-0.05, 0) is 39.5 Å². The minimum absolute atomic E-state index is 0.158. The number of rotatable bonds is 9. The number of carbonyl (C=O) groups is 1. The van der Waals surface area contributed by atoms with Gasteiger partial charge in [-0.1, -0.05) is 0 Å². The molecule has 0 aromatic rings. The molecule has 0 aliphatic carbocycles. The lowest BCUT2D eigenvalue weighted by Gasteiger charge is -2.27. The molecule has 0 saturated carbocycles. The van der Waals surface area contributed by atoms with E-state index in [1.54, 1.807) is 13.8 Å². The summed E-state index contributed by atoms with van der Waals surface area (Å²) in [6.45, 7) is 8.26. The molecule has 0 N–H and O–H groups in total. The van der Waals surface area contributed by atoms with Gasteiger partial charge < -0.3 is 13.9 Å². The van der Waals surface area contributed by atoms with Crippen LogP contribution in [0.15, 0.2) is 0 Å². The van der Waals surface area contributed by atoms with Crippen molar-refractivity contribution in [2.45, 2.75) is 32.7 Å². The van der Waals surface area contributed by atoms with E-state index < -0.39 is 12.6 Å². The first-order valence-corrected chi connectivity index (χ1v) is 8.72. The molecule has 0 unspecified atom stereocenters. The number of thioether (sulfide) groups is 1. The lowest BCUT2D eigenvalue weighted by atomic mass is 10.5. The molecular formula is C11H21N2O4PS. The molecule has 0 bridgehead atoms. The highest BCUT2D eigenvalue weighted by molar-refractivity contribution is 8.10. The van der Waals surface area contributed by atoms with Crippen molar-refractivity contribution in [2.24, 2.45) is 0 Å². The van der Waals surface area contributed by atoms with Crippen molar-refractivity contribution in [3.05, 3.63) is 0 Å². The predicted octanol–water partition coefficient (Wildman–Crippen LogP) is 2.66. The third kappa shape index (κ3) is 5.15. The largest absolute Gasteiger partial charge is 0.354 e. The topological polar surface area (TPSA) is 79.6 Å². The molecular weight excluding hydrogens is 287 g/mol. The predicted molar refractivity (Wildman–Crippen MR) is 75.8 cm³/mol. The molecule has 0 heterocycles. The Morgan fingerprint density at radius 2 is 1.74 bits per heavy atom. The van der Waals surface area contributed by atoms with E-state index in [9.17, 15) is 9.36 Å². The number of hydrogen-bond acceptors (Lipinski definition) is 6. The van der Waals surface area contributed by atoms with E-state index in [1.165, 1.54) is 4.90 Å². The molecule has 0 aromatic heterocycles. The van der Waals surface area contributed by atoms with Crippen molar-refractivity contribution in [3.63, 3.8) is 0 Å². The molecule has 1 amide bonds. The van der Waals surface area contributed by atoms with Gasteiger partial charge in [0.2, 0.25) is 5.91 Å². The highest BCUT2D eigenvalue weighted by atomic mass is 32.2. The normalized spacial score (nSPS) is 12.8. The SMILES string of the molecule is CCOP(=O)(OCC)[C@@H](SC#N)C(=O)N(CC)CC. The zero-order valence-corrected chi connectivity index (χ0v) is 13.5. The van der Waals surface area contributed by atoms with Crippen molar-refractivity contribution in [2.75, 3.05) is 26.3 Å². The van der Waals surface area contributed by atoms with Crippen LogP contribution in [0.4, 0.5) is 0 Å². The minimum atomic E-state index is -3.63. The molecule has 0 spiro atoms. The van der Waals surface area contributed by atoms with Crippen LogP contribution in [0.5, 0.6) is 0 Å². The smallest absolute Gasteiger partial charge is 0.342 e. The fourth-order valence-corrected chi connectivity index (χ4v) is 4.40. The molecule has 0 aliphatic heterocycles. The second-order valence-electron chi connectivity index (χ2n) is 3.45. The number of nitrogens with zero attached hydrogens (tertiary/aromatic N) is 2. The number of amides is 1. The van der Waals surface area contributed by atoms with E-state index in [-0.39, 0.29) is 19.1 Å². The van der Waals surface area contributed by atoms with Gasteiger partial charge in [0.15, 0.2) is 4.99 Å². The fraction of sp³-hybridized carbons (Fsp3) is 0.818. The minimum Gasteiger partial charge on any atom is -0.342 e. The molecule has 0 aliphatic rings. The third-order valence-electron chi connectivity index (χ3n) is 2.36. The number of thiocyanates is 1. The van der Waals surface area contributed by atoms with Crippen LogP contribution in [0.3, 0.4) is 0 Å². The monoisotopic (exact) mass is 308 g/mol. The highest BCUT2D eigenvalue weighted by Crippen LogP contribution is 2.57. The van der Waals surface area contributed by atoms with Crippen LogP contribution in [-0.2, 0) is 18.4 Å². The average Bonchev–Trinajstić information content (AvgIpc) is 2.37. The zero-order chi connectivity index (χ0) is 14.9. The van der Waals surface area contributed by atoms with Crippen LogP contribution in [0.1, 0.15) is 27.7 Å². The lowest BCUT2D eigenvalue weighted by molar-refractivity contribution is -0.129. The number of hydrogen-bond donors (Lipinski definition) is 0. The summed E-state index contributed by atoms with van der Waals surface area (Å²) in [4.78, 5) is 12.7. The Balaban J connectivity index is 5.31. The molecule has 1 atom stereocenters. The maximum absolute atomic E-state index is 12.6. The highest BCUT2D eigenvalue weighted by Gasteiger charge is 2.43. The summed E-state index contributed by atoms with van der Waals surface area (Å²) >= 11 is 0.632. The third-order valence-corrected chi connectivity index (χ3v) is 6.01. The van der Waals surface area contributed by atoms with Gasteiger partial charge >= 0.3 is 7.60 Å². The maximum Gasteiger partial charge on any atom is 0.354 e. The quantitative estimate of drug-likeness (QED) is 0.481. The number of carbonyl (C=O) groups excluding carboxylic acids is 1. The van der Waals surface area contributed by atoms with Gasteiger partial charge in [0.1, 0.15) is 5.40 Å². The Labute approximate surface area is 119 Å². The zero-order valence-electron chi connectivity index (χ0n) is 11.8. The standard InChI is InChI=1S/C11H21N2O4PS/c1-5-13(6-2)10(14)11(19-9-12)18(15,16-7-3)17-8-4/h11H,5-8H2,1-4H3/t11-/m0/s1. The van der Waals surface area contributed by atoms with E-state index in [0.717, 1.165) is 0 Å². The Morgan fingerprint density at radius 3 is 2.05 bits per heavy atom. The van der Waals surface area contributed by atoms with Gasteiger partial charge in [-0.3, -0.25) is 9.36 Å². The van der Waals surface area contributed by atoms with Crippen LogP contribution in [0.25, 0.3) is 0 Å². The first kappa shape index (κ1) is 18.5. The van der Waals surface area contributed by atoms with Gasteiger partial charge in [0, 0.05) is 13.1 Å². The second-order valence-corrected chi connectivity index (χ2v) is 6.80. The van der Waals surface area contributed by atoms with Crippen LogP contribution in [0, 0.1) is 10.7 Å². The first-order chi connectivity index (χ1) is 9.00. The van der Waals surface area contributed by atoms with Gasteiger partial charge in [0.05, 0.1) is 13.2 Å². The second kappa shape index (κ2) is 9.38. The van der Waals surface area contributed by atoms with Crippen molar-refractivity contribution in [1.29, 1.82) is 5.26 Å². The Bertz CT molecular complexity index is 358. The van der Waals surface area contributed by atoms with Gasteiger partial charge in [-0.2, -0.15) is 5.26 Å². The van der Waals surface area contributed by atoms with E-state index in [2.05, 4.69) is 0 Å². The van der Waals surface area contributed by atoms with Crippen molar-refractivity contribution in [1.82, 2.24) is 4.90 Å². The summed E-state index contributed by atoms with van der Waals surface area (Å²) in [5.74, 6) is -0.387. The van der Waals surface area contributed by atoms with Crippen molar-refractivity contribution >= 4 is 25.3 Å². The van der Waals surface area contributed by atoms with Crippen LogP contribution in [0.2, 0.25) is 0 Å². The summed E-state index contributed by atoms with van der Waals surface area (Å²) in [6.07, 6.45) is 0. The molecule has 0 radical (unpaired) electrons. The Morgan fingerprint density at radius 1 is 1.26 bits per heavy atom. The molecule has 110 valence electrons. The molecule has 8 heteroatoms. The number of nitriles is 1. The van der Waals surface area contributed by atoms with Gasteiger partial charge in [-0.25, -0.2) is 0 Å².